The number of carboxylic acids is 1. The van der Waals surface area contributed by atoms with E-state index < -0.39 is 22.2 Å². The van der Waals surface area contributed by atoms with Crippen LogP contribution in [0.2, 0.25) is 0 Å². The number of rotatable bonds is 6. The van der Waals surface area contributed by atoms with Crippen molar-refractivity contribution >= 4 is 35.3 Å². The van der Waals surface area contributed by atoms with Crippen molar-refractivity contribution in [3.8, 4) is 0 Å². The van der Waals surface area contributed by atoms with E-state index in [0.29, 0.717) is 0 Å². The summed E-state index contributed by atoms with van der Waals surface area (Å²) in [6.07, 6.45) is 2.88. The molecule has 0 heterocycles. The van der Waals surface area contributed by atoms with Crippen molar-refractivity contribution in [1.82, 2.24) is 0 Å². The maximum atomic E-state index is 11.6. The molecule has 1 rings (SSSR count). The van der Waals surface area contributed by atoms with Crippen LogP contribution in [0.1, 0.15) is 18.9 Å². The van der Waals surface area contributed by atoms with Crippen LogP contribution in [0, 0.1) is 10.1 Å². The lowest BCUT2D eigenvalue weighted by Gasteiger charge is -2.03. The molecule has 7 heteroatoms. The van der Waals surface area contributed by atoms with E-state index >= 15 is 0 Å². The van der Waals surface area contributed by atoms with Gasteiger partial charge in [0.1, 0.15) is 5.57 Å². The standard InChI is InChI=1S/C13H13NO5S/c1-3-12(15)10(13(16)17)7-8-6-9(20-2)4-5-11(8)14(18)19/h4-7H,3H2,1-2H3,(H,16,17)/b10-7-. The molecule has 1 N–H and O–H groups in total. The molecule has 0 atom stereocenters. The number of carbonyl (C=O) groups excluding carboxylic acids is 1. The van der Waals surface area contributed by atoms with Gasteiger partial charge in [-0.2, -0.15) is 0 Å². The number of nitro groups is 1. The van der Waals surface area contributed by atoms with Gasteiger partial charge in [0.25, 0.3) is 5.69 Å². The summed E-state index contributed by atoms with van der Waals surface area (Å²) in [6, 6.07) is 4.37. The number of nitrogens with zero attached hydrogens (tertiary/aromatic N) is 1. The van der Waals surface area contributed by atoms with Gasteiger partial charge in [0.15, 0.2) is 5.78 Å². The Morgan fingerprint density at radius 2 is 2.10 bits per heavy atom. The number of carbonyl (C=O) groups is 2. The van der Waals surface area contributed by atoms with Crippen LogP contribution in [-0.4, -0.2) is 28.0 Å². The van der Waals surface area contributed by atoms with Gasteiger partial charge in [0, 0.05) is 17.4 Å². The molecule has 0 radical (unpaired) electrons. The first-order valence-corrected chi connectivity index (χ1v) is 6.93. The molecule has 0 fully saturated rings. The second-order valence-electron chi connectivity index (χ2n) is 3.82. The lowest BCUT2D eigenvalue weighted by molar-refractivity contribution is -0.385. The highest BCUT2D eigenvalue weighted by Gasteiger charge is 2.19. The normalized spacial score (nSPS) is 11.2. The summed E-state index contributed by atoms with van der Waals surface area (Å²) in [7, 11) is 0. The number of thioether (sulfide) groups is 1. The third-order valence-corrected chi connectivity index (χ3v) is 3.31. The highest BCUT2D eigenvalue weighted by Crippen LogP contribution is 2.27. The Morgan fingerprint density at radius 1 is 1.45 bits per heavy atom. The minimum Gasteiger partial charge on any atom is -0.478 e. The molecule has 1 aromatic carbocycles. The maximum absolute atomic E-state index is 11.6. The molecule has 0 unspecified atom stereocenters. The third-order valence-electron chi connectivity index (χ3n) is 2.58. The van der Waals surface area contributed by atoms with Gasteiger partial charge in [-0.05, 0) is 24.5 Å². The second-order valence-corrected chi connectivity index (χ2v) is 4.70. The summed E-state index contributed by atoms with van der Waals surface area (Å²) in [5.41, 5.74) is -0.569. The van der Waals surface area contributed by atoms with Crippen LogP contribution in [-0.2, 0) is 9.59 Å². The molecule has 6 nitrogen and oxygen atoms in total. The fourth-order valence-electron chi connectivity index (χ4n) is 1.55. The molecule has 0 bridgehead atoms. The predicted octanol–water partition coefficient (Wildman–Crippen LogP) is 2.76. The largest absolute Gasteiger partial charge is 0.478 e. The zero-order chi connectivity index (χ0) is 15.3. The first-order chi connectivity index (χ1) is 9.40. The molecule has 0 aromatic heterocycles. The predicted molar refractivity (Wildman–Crippen MR) is 75.8 cm³/mol. The van der Waals surface area contributed by atoms with Gasteiger partial charge in [0.05, 0.1) is 10.5 Å². The van der Waals surface area contributed by atoms with Crippen molar-refractivity contribution in [2.45, 2.75) is 18.2 Å². The molecule has 106 valence electrons. The maximum Gasteiger partial charge on any atom is 0.339 e. The van der Waals surface area contributed by atoms with Crippen LogP contribution in [0.3, 0.4) is 0 Å². The molecule has 0 aliphatic carbocycles. The van der Waals surface area contributed by atoms with Gasteiger partial charge in [-0.1, -0.05) is 6.92 Å². The monoisotopic (exact) mass is 295 g/mol. The van der Waals surface area contributed by atoms with E-state index in [0.717, 1.165) is 11.0 Å². The van der Waals surface area contributed by atoms with E-state index in [1.54, 1.807) is 12.3 Å². The summed E-state index contributed by atoms with van der Waals surface area (Å²) >= 11 is 1.37. The van der Waals surface area contributed by atoms with Crippen molar-refractivity contribution in [2.24, 2.45) is 0 Å². The number of ketones is 1. The minimum absolute atomic E-state index is 0.0220. The third kappa shape index (κ3) is 3.67. The quantitative estimate of drug-likeness (QED) is 0.216. The Morgan fingerprint density at radius 3 is 2.55 bits per heavy atom. The van der Waals surface area contributed by atoms with Gasteiger partial charge in [0.2, 0.25) is 0 Å². The zero-order valence-corrected chi connectivity index (χ0v) is 11.8. The Balaban J connectivity index is 3.45. The number of aliphatic carboxylic acids is 1. The van der Waals surface area contributed by atoms with Gasteiger partial charge in [-0.3, -0.25) is 14.9 Å². The fraction of sp³-hybridized carbons (Fsp3) is 0.231. The number of hydrogen-bond donors (Lipinski definition) is 1. The molecular formula is C13H13NO5S. The molecule has 0 aliphatic rings. The van der Waals surface area contributed by atoms with E-state index in [9.17, 15) is 19.7 Å². The van der Waals surface area contributed by atoms with Crippen molar-refractivity contribution in [3.05, 3.63) is 39.4 Å². The molecule has 0 saturated carbocycles. The summed E-state index contributed by atoms with van der Waals surface area (Å²) in [5.74, 6) is -1.96. The van der Waals surface area contributed by atoms with Crippen LogP contribution in [0.25, 0.3) is 6.08 Å². The van der Waals surface area contributed by atoms with E-state index in [2.05, 4.69) is 0 Å². The molecule has 0 spiro atoms. The van der Waals surface area contributed by atoms with Gasteiger partial charge in [-0.25, -0.2) is 4.79 Å². The topological polar surface area (TPSA) is 97.5 Å². The Labute approximate surface area is 119 Å². The molecule has 20 heavy (non-hydrogen) atoms. The average molecular weight is 295 g/mol. The minimum atomic E-state index is -1.39. The smallest absolute Gasteiger partial charge is 0.339 e. The van der Waals surface area contributed by atoms with E-state index in [1.165, 1.54) is 30.8 Å². The first kappa shape index (κ1) is 15.9. The number of benzene rings is 1. The van der Waals surface area contributed by atoms with Crippen molar-refractivity contribution in [1.29, 1.82) is 0 Å². The van der Waals surface area contributed by atoms with Gasteiger partial charge < -0.3 is 5.11 Å². The molecule has 0 saturated heterocycles. The van der Waals surface area contributed by atoms with Crippen molar-refractivity contribution in [2.75, 3.05) is 6.26 Å². The second kappa shape index (κ2) is 6.85. The fourth-order valence-corrected chi connectivity index (χ4v) is 2.00. The number of hydrogen-bond acceptors (Lipinski definition) is 5. The van der Waals surface area contributed by atoms with Crippen LogP contribution >= 0.6 is 11.8 Å². The SMILES string of the molecule is CCC(=O)/C(=C/c1cc(SC)ccc1[N+](=O)[O-])C(=O)O. The van der Waals surface area contributed by atoms with Crippen LogP contribution in [0.15, 0.2) is 28.7 Å². The van der Waals surface area contributed by atoms with Crippen molar-refractivity contribution < 1.29 is 19.6 Å². The Bertz CT molecular complexity index is 594. The molecule has 1 aromatic rings. The highest BCUT2D eigenvalue weighted by atomic mass is 32.2. The highest BCUT2D eigenvalue weighted by molar-refractivity contribution is 7.98. The van der Waals surface area contributed by atoms with Crippen LogP contribution in [0.4, 0.5) is 5.69 Å². The summed E-state index contributed by atoms with van der Waals surface area (Å²) in [5, 5.41) is 20.0. The van der Waals surface area contributed by atoms with E-state index in [4.69, 9.17) is 5.11 Å². The molecule has 0 aliphatic heterocycles. The molecular weight excluding hydrogens is 282 g/mol. The summed E-state index contributed by atoms with van der Waals surface area (Å²) in [6.45, 7) is 1.53. The van der Waals surface area contributed by atoms with Crippen molar-refractivity contribution in [3.63, 3.8) is 0 Å². The van der Waals surface area contributed by atoms with E-state index in [1.807, 2.05) is 0 Å². The Kier molecular flexibility index (Phi) is 5.45. The van der Waals surface area contributed by atoms with Gasteiger partial charge >= 0.3 is 5.97 Å². The Hall–Kier alpha value is -2.15. The zero-order valence-electron chi connectivity index (χ0n) is 11.0. The van der Waals surface area contributed by atoms with Crippen LogP contribution in [0.5, 0.6) is 0 Å². The van der Waals surface area contributed by atoms with Crippen LogP contribution < -0.4 is 0 Å². The number of Topliss-reactive ketones (excluding diaryl/α,β-unsaturated/α-hetero) is 1. The number of carboxylic acid groups (broad SMARTS) is 1. The van der Waals surface area contributed by atoms with Gasteiger partial charge in [-0.15, -0.1) is 11.8 Å². The molecule has 0 amide bonds. The number of nitro benzene ring substituents is 1. The first-order valence-electron chi connectivity index (χ1n) is 5.71. The summed E-state index contributed by atoms with van der Waals surface area (Å²) < 4.78 is 0. The lowest BCUT2D eigenvalue weighted by atomic mass is 10.0. The lowest BCUT2D eigenvalue weighted by Crippen LogP contribution is -2.11. The van der Waals surface area contributed by atoms with E-state index in [-0.39, 0.29) is 17.7 Å². The summed E-state index contributed by atoms with van der Waals surface area (Å²) in [4.78, 5) is 33.7. The average Bonchev–Trinajstić information content (AvgIpc) is 2.42.